The van der Waals surface area contributed by atoms with Crippen LogP contribution in [-0.2, 0) is 0 Å². The molecule has 0 heterocycles. The first-order valence-corrected chi connectivity index (χ1v) is 8.47. The van der Waals surface area contributed by atoms with E-state index in [2.05, 4.69) is 0 Å². The van der Waals surface area contributed by atoms with Crippen molar-refractivity contribution in [2.24, 2.45) is 0 Å². The van der Waals surface area contributed by atoms with Crippen LogP contribution in [0.25, 0.3) is 24.3 Å². The Hall–Kier alpha value is -3.99. The van der Waals surface area contributed by atoms with E-state index in [9.17, 15) is 20.1 Å². The molecule has 0 aliphatic carbocycles. The standard InChI is InChI=1S/C23H18O5/c24-20-11-9-17(13-19(20)23(27)28)7-5-15-1-3-16(4-2-15)6-8-18-10-12-21(25)22(26)14-18/h1-14,24-26H,(H,27,28). The SMILES string of the molecule is O=C(O)c1cc(C=Cc2ccc(C=Cc3ccc(O)c(O)c3)cc2)ccc1O. The molecule has 5 heteroatoms. The smallest absolute Gasteiger partial charge is 0.339 e. The van der Waals surface area contributed by atoms with Crippen molar-refractivity contribution in [3.63, 3.8) is 0 Å². The minimum atomic E-state index is -1.18. The van der Waals surface area contributed by atoms with Crippen LogP contribution in [0, 0.1) is 0 Å². The third-order valence-corrected chi connectivity index (χ3v) is 4.12. The molecule has 140 valence electrons. The monoisotopic (exact) mass is 374 g/mol. The summed E-state index contributed by atoms with van der Waals surface area (Å²) >= 11 is 0. The lowest BCUT2D eigenvalue weighted by Crippen LogP contribution is -1.96. The number of aromatic hydroxyl groups is 3. The van der Waals surface area contributed by atoms with Gasteiger partial charge in [0.25, 0.3) is 0 Å². The summed E-state index contributed by atoms with van der Waals surface area (Å²) in [7, 11) is 0. The van der Waals surface area contributed by atoms with E-state index in [1.807, 2.05) is 42.5 Å². The van der Waals surface area contributed by atoms with Crippen molar-refractivity contribution in [1.29, 1.82) is 0 Å². The van der Waals surface area contributed by atoms with Gasteiger partial charge in [-0.25, -0.2) is 4.79 Å². The minimum Gasteiger partial charge on any atom is -0.507 e. The van der Waals surface area contributed by atoms with Crippen molar-refractivity contribution in [3.8, 4) is 17.2 Å². The predicted octanol–water partition coefficient (Wildman–Crippen LogP) is 4.84. The first-order valence-electron chi connectivity index (χ1n) is 8.47. The van der Waals surface area contributed by atoms with Crippen LogP contribution >= 0.6 is 0 Å². The van der Waals surface area contributed by atoms with Crippen molar-refractivity contribution in [2.45, 2.75) is 0 Å². The molecule has 0 spiro atoms. The molecule has 0 aliphatic rings. The fourth-order valence-electron chi connectivity index (χ4n) is 2.58. The lowest BCUT2D eigenvalue weighted by atomic mass is 10.1. The van der Waals surface area contributed by atoms with Crippen molar-refractivity contribution in [1.82, 2.24) is 0 Å². The van der Waals surface area contributed by atoms with Gasteiger partial charge >= 0.3 is 5.97 Å². The van der Waals surface area contributed by atoms with Crippen LogP contribution in [-0.4, -0.2) is 26.4 Å². The maximum Gasteiger partial charge on any atom is 0.339 e. The maximum atomic E-state index is 11.1. The summed E-state index contributed by atoms with van der Waals surface area (Å²) in [6.45, 7) is 0. The fourth-order valence-corrected chi connectivity index (χ4v) is 2.58. The van der Waals surface area contributed by atoms with Gasteiger partial charge in [-0.05, 0) is 46.5 Å². The van der Waals surface area contributed by atoms with E-state index in [0.29, 0.717) is 5.56 Å². The van der Waals surface area contributed by atoms with Crippen LogP contribution in [0.3, 0.4) is 0 Å². The Morgan fingerprint density at radius 3 is 1.50 bits per heavy atom. The normalized spacial score (nSPS) is 11.3. The van der Waals surface area contributed by atoms with Crippen molar-refractivity contribution in [2.75, 3.05) is 0 Å². The largest absolute Gasteiger partial charge is 0.507 e. The van der Waals surface area contributed by atoms with Gasteiger partial charge in [-0.3, -0.25) is 0 Å². The number of aromatic carboxylic acids is 1. The number of phenols is 3. The Labute approximate surface area is 161 Å². The highest BCUT2D eigenvalue weighted by molar-refractivity contribution is 5.91. The van der Waals surface area contributed by atoms with Gasteiger partial charge in [0.05, 0.1) is 0 Å². The summed E-state index contributed by atoms with van der Waals surface area (Å²) in [5, 5.41) is 37.4. The quantitative estimate of drug-likeness (QED) is 0.378. The van der Waals surface area contributed by atoms with Gasteiger partial charge in [0.2, 0.25) is 0 Å². The summed E-state index contributed by atoms with van der Waals surface area (Å²) < 4.78 is 0. The van der Waals surface area contributed by atoms with Crippen molar-refractivity contribution in [3.05, 3.63) is 88.5 Å². The van der Waals surface area contributed by atoms with Gasteiger partial charge in [0, 0.05) is 0 Å². The Bertz CT molecular complexity index is 1060. The molecule has 5 nitrogen and oxygen atoms in total. The van der Waals surface area contributed by atoms with Crippen LogP contribution in [0.4, 0.5) is 0 Å². The molecule has 0 aliphatic heterocycles. The van der Waals surface area contributed by atoms with Crippen LogP contribution in [0.15, 0.2) is 60.7 Å². The van der Waals surface area contributed by atoms with Gasteiger partial charge in [0.1, 0.15) is 11.3 Å². The molecule has 3 rings (SSSR count). The maximum absolute atomic E-state index is 11.1. The highest BCUT2D eigenvalue weighted by atomic mass is 16.4. The molecule has 0 atom stereocenters. The van der Waals surface area contributed by atoms with Crippen LogP contribution in [0.5, 0.6) is 17.2 Å². The summed E-state index contributed by atoms with van der Waals surface area (Å²) in [5.41, 5.74) is 3.20. The van der Waals surface area contributed by atoms with Crippen molar-refractivity contribution < 1.29 is 25.2 Å². The highest BCUT2D eigenvalue weighted by Crippen LogP contribution is 2.26. The highest BCUT2D eigenvalue weighted by Gasteiger charge is 2.08. The number of carboxylic acids is 1. The zero-order valence-electron chi connectivity index (χ0n) is 14.8. The third kappa shape index (κ3) is 4.59. The topological polar surface area (TPSA) is 98.0 Å². The average Bonchev–Trinajstić information content (AvgIpc) is 2.69. The van der Waals surface area contributed by atoms with Gasteiger partial charge in [-0.2, -0.15) is 0 Å². The number of carbonyl (C=O) groups is 1. The first kappa shape index (κ1) is 18.8. The predicted molar refractivity (Wildman–Crippen MR) is 109 cm³/mol. The Kier molecular flexibility index (Phi) is 5.46. The molecule has 0 saturated heterocycles. The molecule has 3 aromatic rings. The molecule has 0 radical (unpaired) electrons. The molecule has 0 bridgehead atoms. The lowest BCUT2D eigenvalue weighted by molar-refractivity contribution is 0.0693. The molecule has 0 unspecified atom stereocenters. The van der Waals surface area contributed by atoms with E-state index in [1.165, 1.54) is 24.3 Å². The molecule has 0 saturated carbocycles. The van der Waals surface area contributed by atoms with Crippen LogP contribution < -0.4 is 0 Å². The zero-order chi connectivity index (χ0) is 20.1. The van der Waals surface area contributed by atoms with E-state index in [-0.39, 0.29) is 22.8 Å². The number of phenolic OH excluding ortho intramolecular Hbond substituents is 2. The second-order valence-corrected chi connectivity index (χ2v) is 6.16. The van der Waals surface area contributed by atoms with E-state index >= 15 is 0 Å². The van der Waals surface area contributed by atoms with Crippen LogP contribution in [0.1, 0.15) is 32.6 Å². The molecule has 0 fully saturated rings. The van der Waals surface area contributed by atoms with Gasteiger partial charge in [-0.15, -0.1) is 0 Å². The minimum absolute atomic E-state index is 0.136. The average molecular weight is 374 g/mol. The zero-order valence-corrected chi connectivity index (χ0v) is 14.8. The number of benzene rings is 3. The number of carboxylic acid groups (broad SMARTS) is 1. The molecule has 0 aromatic heterocycles. The van der Waals surface area contributed by atoms with E-state index in [1.54, 1.807) is 18.2 Å². The number of rotatable bonds is 5. The Balaban J connectivity index is 1.71. The summed E-state index contributed by atoms with van der Waals surface area (Å²) in [4.78, 5) is 11.1. The van der Waals surface area contributed by atoms with Gasteiger partial charge < -0.3 is 20.4 Å². The third-order valence-electron chi connectivity index (χ3n) is 4.12. The molecule has 3 aromatic carbocycles. The van der Waals surface area contributed by atoms with Gasteiger partial charge in [-0.1, -0.05) is 60.7 Å². The van der Waals surface area contributed by atoms with E-state index < -0.39 is 5.97 Å². The molecular formula is C23H18O5. The molecular weight excluding hydrogens is 356 g/mol. The van der Waals surface area contributed by atoms with E-state index in [4.69, 9.17) is 5.11 Å². The Morgan fingerprint density at radius 2 is 1.00 bits per heavy atom. The summed E-state index contributed by atoms with van der Waals surface area (Å²) in [5.74, 6) is -1.76. The molecule has 0 amide bonds. The summed E-state index contributed by atoms with van der Waals surface area (Å²) in [6, 6.07) is 16.7. The lowest BCUT2D eigenvalue weighted by Gasteiger charge is -2.01. The fraction of sp³-hybridized carbons (Fsp3) is 0. The summed E-state index contributed by atoms with van der Waals surface area (Å²) in [6.07, 6.45) is 7.34. The van der Waals surface area contributed by atoms with Crippen molar-refractivity contribution >= 4 is 30.3 Å². The van der Waals surface area contributed by atoms with E-state index in [0.717, 1.165) is 16.7 Å². The van der Waals surface area contributed by atoms with Crippen LogP contribution in [0.2, 0.25) is 0 Å². The second-order valence-electron chi connectivity index (χ2n) is 6.16. The van der Waals surface area contributed by atoms with Gasteiger partial charge in [0.15, 0.2) is 11.5 Å². The molecule has 4 N–H and O–H groups in total. The number of hydrogen-bond donors (Lipinski definition) is 4. The number of hydrogen-bond acceptors (Lipinski definition) is 4. The first-order chi connectivity index (χ1) is 13.4. The second kappa shape index (κ2) is 8.14. The molecule has 28 heavy (non-hydrogen) atoms. The Morgan fingerprint density at radius 1 is 0.571 bits per heavy atom.